The zero-order chi connectivity index (χ0) is 17.8. The van der Waals surface area contributed by atoms with Crippen molar-refractivity contribution in [2.24, 2.45) is 5.73 Å². The summed E-state index contributed by atoms with van der Waals surface area (Å²) in [5.41, 5.74) is 5.39. The first-order chi connectivity index (χ1) is 12.1. The highest BCUT2D eigenvalue weighted by Crippen LogP contribution is 2.27. The molecule has 0 aliphatic carbocycles. The molecule has 0 aliphatic heterocycles. The topological polar surface area (TPSA) is 101 Å². The lowest BCUT2D eigenvalue weighted by molar-refractivity contribution is 0.0995. The lowest BCUT2D eigenvalue weighted by atomic mass is 9.99. The third kappa shape index (κ3) is 3.80. The highest BCUT2D eigenvalue weighted by atomic mass is 16.5. The van der Waals surface area contributed by atoms with Crippen LogP contribution in [0.3, 0.4) is 0 Å². The average Bonchev–Trinajstić information content (AvgIpc) is 3.08. The van der Waals surface area contributed by atoms with Crippen LogP contribution in [0.4, 0.5) is 0 Å². The van der Waals surface area contributed by atoms with Crippen LogP contribution in [0.25, 0.3) is 10.8 Å². The molecule has 0 spiro atoms. The van der Waals surface area contributed by atoms with Gasteiger partial charge in [0.05, 0.1) is 12.7 Å². The van der Waals surface area contributed by atoms with E-state index in [1.54, 1.807) is 6.92 Å². The van der Waals surface area contributed by atoms with E-state index in [-0.39, 0.29) is 11.6 Å². The number of benzene rings is 2. The molecule has 1 amide bonds. The van der Waals surface area contributed by atoms with Crippen molar-refractivity contribution in [3.8, 4) is 5.75 Å². The summed E-state index contributed by atoms with van der Waals surface area (Å²) in [4.78, 5) is 18.3. The lowest BCUT2D eigenvalue weighted by Crippen LogP contribution is -2.19. The highest BCUT2D eigenvalue weighted by molar-refractivity contribution is 5.90. The zero-order valence-corrected chi connectivity index (χ0v) is 14.0. The number of nitrogens with zero attached hydrogens (tertiary/aromatic N) is 1. The molecule has 0 bridgehead atoms. The number of carbonyl (C=O) groups is 1. The molecule has 4 N–H and O–H groups in total. The minimum atomic E-state index is -0.636. The van der Waals surface area contributed by atoms with Crippen LogP contribution in [0.1, 0.15) is 35.6 Å². The van der Waals surface area contributed by atoms with Crippen molar-refractivity contribution >= 4 is 16.7 Å². The molecule has 1 heterocycles. The first-order valence-corrected chi connectivity index (χ1v) is 8.20. The van der Waals surface area contributed by atoms with Gasteiger partial charge in [-0.3, -0.25) is 4.79 Å². The summed E-state index contributed by atoms with van der Waals surface area (Å²) in [5.74, 6) is 0.465. The fourth-order valence-corrected chi connectivity index (χ4v) is 2.88. The van der Waals surface area contributed by atoms with Crippen LogP contribution in [0.5, 0.6) is 5.75 Å². The third-order valence-electron chi connectivity index (χ3n) is 4.22. The molecule has 0 saturated carbocycles. The highest BCUT2D eigenvalue weighted by Gasteiger charge is 2.22. The molecule has 2 aromatic carbocycles. The van der Waals surface area contributed by atoms with Gasteiger partial charge in [0.1, 0.15) is 17.3 Å². The molecule has 6 nitrogen and oxygen atoms in total. The molecule has 25 heavy (non-hydrogen) atoms. The van der Waals surface area contributed by atoms with Crippen molar-refractivity contribution in [2.45, 2.75) is 25.4 Å². The van der Waals surface area contributed by atoms with Gasteiger partial charge in [-0.2, -0.15) is 0 Å². The molecule has 3 aromatic rings. The van der Waals surface area contributed by atoms with E-state index in [0.29, 0.717) is 18.9 Å². The second kappa shape index (κ2) is 7.36. The minimum Gasteiger partial charge on any atom is -0.493 e. The monoisotopic (exact) mass is 339 g/mol. The Morgan fingerprint density at radius 2 is 2.04 bits per heavy atom. The quantitative estimate of drug-likeness (QED) is 0.616. The average molecular weight is 339 g/mol. The molecule has 1 aromatic heterocycles. The number of aliphatic hydroxyl groups excluding tert-OH is 1. The van der Waals surface area contributed by atoms with E-state index in [1.165, 1.54) is 6.20 Å². The second-order valence-corrected chi connectivity index (χ2v) is 6.00. The maximum absolute atomic E-state index is 11.2. The van der Waals surface area contributed by atoms with Crippen LogP contribution in [0.15, 0.2) is 48.7 Å². The van der Waals surface area contributed by atoms with Gasteiger partial charge >= 0.3 is 0 Å². The minimum absolute atomic E-state index is 0.163. The molecular formula is C19H21N3O3. The number of ether oxygens (including phenoxy) is 1. The van der Waals surface area contributed by atoms with Gasteiger partial charge in [-0.1, -0.05) is 36.4 Å². The van der Waals surface area contributed by atoms with E-state index in [0.717, 1.165) is 16.5 Å². The van der Waals surface area contributed by atoms with E-state index in [9.17, 15) is 9.90 Å². The predicted octanol–water partition coefficient (Wildman–Crippen LogP) is 2.60. The van der Waals surface area contributed by atoms with E-state index >= 15 is 0 Å². The zero-order valence-electron chi connectivity index (χ0n) is 14.0. The maximum atomic E-state index is 11.2. The number of hydrogen-bond acceptors (Lipinski definition) is 4. The molecule has 0 unspecified atom stereocenters. The van der Waals surface area contributed by atoms with E-state index < -0.39 is 12.0 Å². The number of imidazole rings is 1. The fraction of sp³-hybridized carbons (Fsp3) is 0.263. The van der Waals surface area contributed by atoms with Gasteiger partial charge in [-0.05, 0) is 24.8 Å². The van der Waals surface area contributed by atoms with Gasteiger partial charge < -0.3 is 20.6 Å². The smallest absolute Gasteiger partial charge is 0.268 e. The number of amides is 1. The number of nitrogens with two attached hydrogens (primary N) is 1. The number of H-pyrrole nitrogens is 1. The van der Waals surface area contributed by atoms with Crippen LogP contribution in [0.2, 0.25) is 0 Å². The van der Waals surface area contributed by atoms with Gasteiger partial charge in [-0.15, -0.1) is 0 Å². The Morgan fingerprint density at radius 3 is 2.76 bits per heavy atom. The maximum Gasteiger partial charge on any atom is 0.268 e. The van der Waals surface area contributed by atoms with Crippen molar-refractivity contribution in [3.05, 3.63) is 60.2 Å². The molecule has 2 atom stereocenters. The Balaban J connectivity index is 1.70. The molecular weight excluding hydrogens is 318 g/mol. The SMILES string of the molecule is C[C@H](O)[C@H](CCOc1cccc2ccccc12)c1nc(C(N)=O)c[nH]1. The molecule has 0 saturated heterocycles. The summed E-state index contributed by atoms with van der Waals surface area (Å²) in [6.45, 7) is 2.10. The lowest BCUT2D eigenvalue weighted by Gasteiger charge is -2.18. The number of primary amides is 1. The number of fused-ring (bicyclic) bond motifs is 1. The Hall–Kier alpha value is -2.86. The Morgan fingerprint density at radius 1 is 1.28 bits per heavy atom. The standard InChI is InChI=1S/C19H21N3O3/c1-12(23)14(19-21-11-16(22-19)18(20)24)9-10-25-17-8-4-6-13-5-2-3-7-15(13)17/h2-8,11-12,14,23H,9-10H2,1H3,(H2,20,24)(H,21,22)/t12-,14-/m0/s1. The van der Waals surface area contributed by atoms with E-state index in [1.807, 2.05) is 42.5 Å². The van der Waals surface area contributed by atoms with Crippen molar-refractivity contribution in [2.75, 3.05) is 6.61 Å². The van der Waals surface area contributed by atoms with Crippen LogP contribution in [-0.2, 0) is 0 Å². The first-order valence-electron chi connectivity index (χ1n) is 8.20. The van der Waals surface area contributed by atoms with Crippen LogP contribution >= 0.6 is 0 Å². The van der Waals surface area contributed by atoms with Crippen molar-refractivity contribution in [3.63, 3.8) is 0 Å². The van der Waals surface area contributed by atoms with E-state index in [2.05, 4.69) is 9.97 Å². The summed E-state index contributed by atoms with van der Waals surface area (Å²) >= 11 is 0. The molecule has 0 fully saturated rings. The molecule has 130 valence electrons. The summed E-state index contributed by atoms with van der Waals surface area (Å²) in [6.07, 6.45) is 1.37. The molecule has 3 rings (SSSR count). The van der Waals surface area contributed by atoms with Crippen molar-refractivity contribution in [1.29, 1.82) is 0 Å². The Labute approximate surface area is 145 Å². The fourth-order valence-electron chi connectivity index (χ4n) is 2.88. The Bertz CT molecular complexity index is 868. The summed E-state index contributed by atoms with van der Waals surface area (Å²) in [7, 11) is 0. The predicted molar refractivity (Wildman–Crippen MR) is 95.6 cm³/mol. The van der Waals surface area contributed by atoms with Gasteiger partial charge in [0, 0.05) is 17.5 Å². The van der Waals surface area contributed by atoms with Crippen LogP contribution in [-0.4, -0.2) is 33.7 Å². The largest absolute Gasteiger partial charge is 0.493 e. The molecule has 0 aliphatic rings. The van der Waals surface area contributed by atoms with Crippen molar-refractivity contribution in [1.82, 2.24) is 9.97 Å². The number of carbonyl (C=O) groups excluding carboxylic acids is 1. The van der Waals surface area contributed by atoms with Gasteiger partial charge in [0.25, 0.3) is 5.91 Å². The van der Waals surface area contributed by atoms with Crippen LogP contribution in [0, 0.1) is 0 Å². The number of rotatable bonds is 7. The van der Waals surface area contributed by atoms with Gasteiger partial charge in [0.2, 0.25) is 0 Å². The van der Waals surface area contributed by atoms with E-state index in [4.69, 9.17) is 10.5 Å². The molecule has 0 radical (unpaired) electrons. The Kier molecular flexibility index (Phi) is 5.00. The summed E-state index contributed by atoms with van der Waals surface area (Å²) in [6, 6.07) is 13.9. The normalized spacial score (nSPS) is 13.5. The van der Waals surface area contributed by atoms with Crippen LogP contribution < -0.4 is 10.5 Å². The van der Waals surface area contributed by atoms with Crippen molar-refractivity contribution < 1.29 is 14.6 Å². The number of aromatic nitrogens is 2. The molecule has 6 heteroatoms. The number of aliphatic hydroxyl groups is 1. The number of nitrogens with one attached hydrogen (secondary N) is 1. The number of hydrogen-bond donors (Lipinski definition) is 3. The third-order valence-corrected chi connectivity index (χ3v) is 4.22. The first kappa shape index (κ1) is 17.0. The summed E-state index contributed by atoms with van der Waals surface area (Å²) in [5, 5.41) is 12.2. The summed E-state index contributed by atoms with van der Waals surface area (Å²) < 4.78 is 5.93. The number of aromatic amines is 1. The second-order valence-electron chi connectivity index (χ2n) is 6.00. The van der Waals surface area contributed by atoms with Gasteiger partial charge in [0.15, 0.2) is 0 Å². The van der Waals surface area contributed by atoms with Gasteiger partial charge in [-0.25, -0.2) is 4.98 Å².